The van der Waals surface area contributed by atoms with Crippen molar-refractivity contribution in [3.8, 4) is 5.75 Å². The van der Waals surface area contributed by atoms with Crippen LogP contribution in [0.25, 0.3) is 10.9 Å². The fourth-order valence-corrected chi connectivity index (χ4v) is 2.20. The zero-order valence-corrected chi connectivity index (χ0v) is 12.4. The number of pyridine rings is 1. The van der Waals surface area contributed by atoms with Crippen molar-refractivity contribution in [2.24, 2.45) is 5.73 Å². The molecule has 1 heterocycles. The van der Waals surface area contributed by atoms with Crippen molar-refractivity contribution in [1.82, 2.24) is 10.3 Å². The number of rotatable bonds is 7. The van der Waals surface area contributed by atoms with Crippen LogP contribution in [0.15, 0.2) is 36.5 Å². The van der Waals surface area contributed by atoms with Crippen LogP contribution in [0.2, 0.25) is 0 Å². The number of hydrogen-bond acceptors (Lipinski definition) is 4. The first-order chi connectivity index (χ1) is 10.0. The van der Waals surface area contributed by atoms with Crippen LogP contribution >= 0.6 is 0 Å². The van der Waals surface area contributed by atoms with Crippen LogP contribution in [0.4, 0.5) is 0 Å². The largest absolute Gasteiger partial charge is 0.493 e. The fourth-order valence-electron chi connectivity index (χ4n) is 2.20. The minimum Gasteiger partial charge on any atom is -0.493 e. The number of nitrogens with two attached hydrogens (primary N) is 1. The third kappa shape index (κ3) is 3.70. The topological polar surface area (TPSA) is 77.2 Å². The number of nitrogens with zero attached hydrogens (tertiary/aromatic N) is 1. The summed E-state index contributed by atoms with van der Waals surface area (Å²) >= 11 is 0. The summed E-state index contributed by atoms with van der Waals surface area (Å²) in [5.74, 6) is 0.373. The predicted octanol–water partition coefficient (Wildman–Crippen LogP) is 1.86. The molecule has 1 atom stereocenters. The van der Waals surface area contributed by atoms with Crippen molar-refractivity contribution in [2.75, 3.05) is 13.2 Å². The SMILES string of the molecule is CCNC(C)(CCOc1ccc2cccnc2c1)C(N)=O. The summed E-state index contributed by atoms with van der Waals surface area (Å²) in [4.78, 5) is 15.8. The first kappa shape index (κ1) is 15.3. The number of primary amides is 1. The number of aromatic nitrogens is 1. The van der Waals surface area contributed by atoms with Crippen molar-refractivity contribution in [1.29, 1.82) is 0 Å². The van der Waals surface area contributed by atoms with E-state index in [9.17, 15) is 4.79 Å². The van der Waals surface area contributed by atoms with Crippen LogP contribution in [0.3, 0.4) is 0 Å². The van der Waals surface area contributed by atoms with Crippen LogP contribution in [0.1, 0.15) is 20.3 Å². The Hall–Kier alpha value is -2.14. The van der Waals surface area contributed by atoms with Crippen molar-refractivity contribution < 1.29 is 9.53 Å². The number of carbonyl (C=O) groups excluding carboxylic acids is 1. The zero-order chi connectivity index (χ0) is 15.3. The second-order valence-electron chi connectivity index (χ2n) is 5.18. The minimum absolute atomic E-state index is 0.367. The van der Waals surface area contributed by atoms with Gasteiger partial charge in [-0.05, 0) is 31.7 Å². The van der Waals surface area contributed by atoms with Gasteiger partial charge in [0.1, 0.15) is 5.75 Å². The van der Waals surface area contributed by atoms with E-state index in [0.29, 0.717) is 19.6 Å². The molecule has 2 rings (SSSR count). The van der Waals surface area contributed by atoms with Gasteiger partial charge in [-0.3, -0.25) is 9.78 Å². The van der Waals surface area contributed by atoms with Crippen molar-refractivity contribution >= 4 is 16.8 Å². The average Bonchev–Trinajstić information content (AvgIpc) is 2.47. The van der Waals surface area contributed by atoms with Gasteiger partial charge >= 0.3 is 0 Å². The van der Waals surface area contributed by atoms with Gasteiger partial charge in [-0.1, -0.05) is 13.0 Å². The highest BCUT2D eigenvalue weighted by molar-refractivity contribution is 5.84. The molecular formula is C16H21N3O2. The van der Waals surface area contributed by atoms with E-state index in [2.05, 4.69) is 10.3 Å². The van der Waals surface area contributed by atoms with Gasteiger partial charge < -0.3 is 15.8 Å². The van der Waals surface area contributed by atoms with Crippen molar-refractivity contribution in [3.63, 3.8) is 0 Å². The lowest BCUT2D eigenvalue weighted by Gasteiger charge is -2.26. The summed E-state index contributed by atoms with van der Waals surface area (Å²) in [5.41, 5.74) is 5.59. The Labute approximate surface area is 124 Å². The summed E-state index contributed by atoms with van der Waals surface area (Å²) in [7, 11) is 0. The van der Waals surface area contributed by atoms with E-state index in [1.165, 1.54) is 0 Å². The zero-order valence-electron chi connectivity index (χ0n) is 12.4. The normalized spacial score (nSPS) is 13.8. The minimum atomic E-state index is -0.746. The molecule has 1 aromatic carbocycles. The Morgan fingerprint density at radius 3 is 2.95 bits per heavy atom. The molecule has 1 amide bonds. The molecule has 0 spiro atoms. The monoisotopic (exact) mass is 287 g/mol. The van der Waals surface area contributed by atoms with E-state index >= 15 is 0 Å². The Kier molecular flexibility index (Phi) is 4.75. The van der Waals surface area contributed by atoms with Gasteiger partial charge in [0.25, 0.3) is 0 Å². The van der Waals surface area contributed by atoms with Crippen molar-refractivity contribution in [2.45, 2.75) is 25.8 Å². The maximum Gasteiger partial charge on any atom is 0.237 e. The van der Waals surface area contributed by atoms with Crippen LogP contribution in [0.5, 0.6) is 5.75 Å². The molecule has 1 aromatic heterocycles. The number of benzene rings is 1. The molecule has 0 fully saturated rings. The Morgan fingerprint density at radius 2 is 2.24 bits per heavy atom. The number of ether oxygens (including phenoxy) is 1. The molecule has 0 saturated carbocycles. The highest BCUT2D eigenvalue weighted by Gasteiger charge is 2.29. The summed E-state index contributed by atoms with van der Waals surface area (Å²) < 4.78 is 5.72. The fraction of sp³-hybridized carbons (Fsp3) is 0.375. The quantitative estimate of drug-likeness (QED) is 0.815. The number of nitrogens with one attached hydrogen (secondary N) is 1. The maximum absolute atomic E-state index is 11.5. The molecule has 0 aliphatic rings. The second kappa shape index (κ2) is 6.54. The average molecular weight is 287 g/mol. The standard InChI is InChI=1S/C16H21N3O2/c1-3-19-16(2,15(17)20)8-10-21-13-7-6-12-5-4-9-18-14(12)11-13/h4-7,9,11,19H,3,8,10H2,1-2H3,(H2,17,20). The smallest absolute Gasteiger partial charge is 0.237 e. The predicted molar refractivity (Wildman–Crippen MR) is 83.1 cm³/mol. The molecule has 1 unspecified atom stereocenters. The summed E-state index contributed by atoms with van der Waals surface area (Å²) in [6.07, 6.45) is 2.26. The van der Waals surface area contributed by atoms with Gasteiger partial charge in [0.15, 0.2) is 0 Å². The molecule has 21 heavy (non-hydrogen) atoms. The second-order valence-corrected chi connectivity index (χ2v) is 5.18. The lowest BCUT2D eigenvalue weighted by atomic mass is 9.97. The van der Waals surface area contributed by atoms with Crippen LogP contribution in [-0.2, 0) is 4.79 Å². The van der Waals surface area contributed by atoms with Gasteiger partial charge in [0, 0.05) is 24.1 Å². The van der Waals surface area contributed by atoms with E-state index in [-0.39, 0.29) is 5.91 Å². The molecule has 2 aromatic rings. The number of hydrogen-bond donors (Lipinski definition) is 2. The van der Waals surface area contributed by atoms with Crippen LogP contribution in [-0.4, -0.2) is 29.6 Å². The number of fused-ring (bicyclic) bond motifs is 1. The molecular weight excluding hydrogens is 266 g/mol. The first-order valence-corrected chi connectivity index (χ1v) is 7.07. The summed E-state index contributed by atoms with van der Waals surface area (Å²) in [5, 5.41) is 4.18. The third-order valence-corrected chi connectivity index (χ3v) is 3.56. The number of likely N-dealkylation sites (N-methyl/N-ethyl adjacent to an activating group) is 1. The molecule has 3 N–H and O–H groups in total. The van der Waals surface area contributed by atoms with E-state index in [1.807, 2.05) is 37.3 Å². The maximum atomic E-state index is 11.5. The van der Waals surface area contributed by atoms with Crippen LogP contribution in [0, 0.1) is 0 Å². The highest BCUT2D eigenvalue weighted by atomic mass is 16.5. The lowest BCUT2D eigenvalue weighted by molar-refractivity contribution is -0.124. The van der Waals surface area contributed by atoms with Gasteiger partial charge in [-0.2, -0.15) is 0 Å². The number of amides is 1. The van der Waals surface area contributed by atoms with Gasteiger partial charge in [0.05, 0.1) is 17.7 Å². The van der Waals surface area contributed by atoms with Gasteiger partial charge in [-0.25, -0.2) is 0 Å². The Bertz CT molecular complexity index is 630. The van der Waals surface area contributed by atoms with Gasteiger partial charge in [0.2, 0.25) is 5.91 Å². The van der Waals surface area contributed by atoms with E-state index in [1.54, 1.807) is 13.1 Å². The molecule has 5 heteroatoms. The van der Waals surface area contributed by atoms with Crippen LogP contribution < -0.4 is 15.8 Å². The molecule has 0 bridgehead atoms. The van der Waals surface area contributed by atoms with E-state index in [4.69, 9.17) is 10.5 Å². The Balaban J connectivity index is 1.99. The van der Waals surface area contributed by atoms with Crippen molar-refractivity contribution in [3.05, 3.63) is 36.5 Å². The highest BCUT2D eigenvalue weighted by Crippen LogP contribution is 2.19. The first-order valence-electron chi connectivity index (χ1n) is 7.07. The number of carbonyl (C=O) groups is 1. The molecule has 0 aliphatic carbocycles. The third-order valence-electron chi connectivity index (χ3n) is 3.56. The van der Waals surface area contributed by atoms with E-state index < -0.39 is 5.54 Å². The lowest BCUT2D eigenvalue weighted by Crippen LogP contribution is -2.53. The molecule has 0 radical (unpaired) electrons. The molecule has 0 aliphatic heterocycles. The molecule has 112 valence electrons. The Morgan fingerprint density at radius 1 is 1.43 bits per heavy atom. The summed E-state index contributed by atoms with van der Waals surface area (Å²) in [6, 6.07) is 9.66. The van der Waals surface area contributed by atoms with Gasteiger partial charge in [-0.15, -0.1) is 0 Å². The summed E-state index contributed by atoms with van der Waals surface area (Å²) in [6.45, 7) is 4.82. The molecule has 0 saturated heterocycles. The van der Waals surface area contributed by atoms with E-state index in [0.717, 1.165) is 16.7 Å². The molecule has 5 nitrogen and oxygen atoms in total.